The van der Waals surface area contributed by atoms with Crippen molar-refractivity contribution in [3.63, 3.8) is 0 Å². The highest BCUT2D eigenvalue weighted by Gasteiger charge is 2.15. The molecule has 0 spiro atoms. The molecule has 0 bridgehead atoms. The summed E-state index contributed by atoms with van der Waals surface area (Å²) in [4.78, 5) is 45.8. The summed E-state index contributed by atoms with van der Waals surface area (Å²) in [6.07, 6.45) is 2.85. The number of nitrogens with zero attached hydrogens (tertiary/aromatic N) is 3. The standard InChI is InChI=1S/C9H17N3O3S.C6H11N3O.C2H6/c1-6(4-13)12-8(14)3-11-9(15)7(5-16)10-2;1-6(10)4-2-3-5-8-9-7;1-2/h4,6-7,10,16H,3,5H2,1-2H3,(H,11,15)(H,12,14);2-5H2,1H3;1-2H3/t6-,7-;;/m0../s1. The Hall–Kier alpha value is -2.10. The second-order valence-corrected chi connectivity index (χ2v) is 5.71. The fourth-order valence-electron chi connectivity index (χ4n) is 1.54. The van der Waals surface area contributed by atoms with E-state index in [1.54, 1.807) is 20.9 Å². The lowest BCUT2D eigenvalue weighted by Crippen LogP contribution is -2.48. The van der Waals surface area contributed by atoms with Crippen molar-refractivity contribution in [1.82, 2.24) is 16.0 Å². The Labute approximate surface area is 172 Å². The first kappa shape index (κ1) is 30.6. The van der Waals surface area contributed by atoms with Gasteiger partial charge in [0.15, 0.2) is 0 Å². The lowest BCUT2D eigenvalue weighted by atomic mass is 10.2. The molecule has 0 aliphatic rings. The van der Waals surface area contributed by atoms with E-state index in [-0.39, 0.29) is 18.2 Å². The van der Waals surface area contributed by atoms with Crippen molar-refractivity contribution in [2.24, 2.45) is 5.11 Å². The topological polar surface area (TPSA) is 153 Å². The van der Waals surface area contributed by atoms with Gasteiger partial charge in [-0.15, -0.1) is 0 Å². The van der Waals surface area contributed by atoms with Gasteiger partial charge in [0.25, 0.3) is 0 Å². The van der Waals surface area contributed by atoms with E-state index in [0.29, 0.717) is 25.0 Å². The zero-order valence-corrected chi connectivity index (χ0v) is 18.3. The maximum Gasteiger partial charge on any atom is 0.239 e. The molecule has 28 heavy (non-hydrogen) atoms. The number of thiol groups is 1. The number of carbonyl (C=O) groups excluding carboxylic acids is 4. The highest BCUT2D eigenvalue weighted by Crippen LogP contribution is 1.95. The summed E-state index contributed by atoms with van der Waals surface area (Å²) in [7, 11) is 1.63. The number of amides is 2. The Morgan fingerprint density at radius 2 is 1.86 bits per heavy atom. The van der Waals surface area contributed by atoms with Crippen LogP contribution in [0.1, 0.15) is 47.0 Å². The second kappa shape index (κ2) is 22.9. The van der Waals surface area contributed by atoms with Crippen LogP contribution in [0.5, 0.6) is 0 Å². The van der Waals surface area contributed by atoms with Crippen LogP contribution in [0, 0.1) is 0 Å². The van der Waals surface area contributed by atoms with Crippen LogP contribution in [0.2, 0.25) is 0 Å². The quantitative estimate of drug-likeness (QED) is 0.0942. The molecule has 0 aromatic heterocycles. The maximum atomic E-state index is 11.4. The first-order valence-electron chi connectivity index (χ1n) is 9.13. The number of nitrogens with one attached hydrogen (secondary N) is 3. The van der Waals surface area contributed by atoms with Crippen LogP contribution in [0.4, 0.5) is 0 Å². The largest absolute Gasteiger partial charge is 0.346 e. The molecule has 0 rings (SSSR count). The van der Waals surface area contributed by atoms with E-state index >= 15 is 0 Å². The van der Waals surface area contributed by atoms with Gasteiger partial charge in [-0.1, -0.05) is 19.0 Å². The zero-order chi connectivity index (χ0) is 22.4. The van der Waals surface area contributed by atoms with Gasteiger partial charge in [0.1, 0.15) is 12.1 Å². The smallest absolute Gasteiger partial charge is 0.239 e. The molecule has 162 valence electrons. The number of Topliss-reactive ketones (excluding diaryl/α,β-unsaturated/α-hetero) is 1. The third-order valence-electron chi connectivity index (χ3n) is 2.96. The van der Waals surface area contributed by atoms with Crippen molar-refractivity contribution >= 4 is 36.5 Å². The molecule has 11 heteroatoms. The van der Waals surface area contributed by atoms with E-state index in [9.17, 15) is 19.2 Å². The molecule has 0 fully saturated rings. The summed E-state index contributed by atoms with van der Waals surface area (Å²) >= 11 is 3.98. The van der Waals surface area contributed by atoms with Crippen molar-refractivity contribution in [3.8, 4) is 0 Å². The highest BCUT2D eigenvalue weighted by molar-refractivity contribution is 7.80. The molecule has 10 nitrogen and oxygen atoms in total. The Morgan fingerprint density at radius 1 is 1.25 bits per heavy atom. The molecular formula is C17H34N6O4S. The highest BCUT2D eigenvalue weighted by atomic mass is 32.1. The van der Waals surface area contributed by atoms with Crippen LogP contribution in [-0.2, 0) is 19.2 Å². The molecule has 2 amide bonds. The van der Waals surface area contributed by atoms with Crippen LogP contribution in [0.3, 0.4) is 0 Å². The van der Waals surface area contributed by atoms with Gasteiger partial charge in [-0.25, -0.2) is 0 Å². The molecule has 0 aromatic carbocycles. The molecule has 0 aliphatic heterocycles. The minimum Gasteiger partial charge on any atom is -0.346 e. The monoisotopic (exact) mass is 418 g/mol. The van der Waals surface area contributed by atoms with Crippen LogP contribution >= 0.6 is 12.6 Å². The van der Waals surface area contributed by atoms with Crippen LogP contribution in [0.15, 0.2) is 5.11 Å². The summed E-state index contributed by atoms with van der Waals surface area (Å²) in [5, 5.41) is 10.9. The predicted molar refractivity (Wildman–Crippen MR) is 113 cm³/mol. The van der Waals surface area contributed by atoms with E-state index in [0.717, 1.165) is 12.8 Å². The molecule has 0 saturated carbocycles. The van der Waals surface area contributed by atoms with Gasteiger partial charge in [0.05, 0.1) is 18.6 Å². The zero-order valence-electron chi connectivity index (χ0n) is 17.4. The Bertz CT molecular complexity index is 490. The Balaban J connectivity index is -0.000000447. The third kappa shape index (κ3) is 21.9. The number of carbonyl (C=O) groups is 4. The van der Waals surface area contributed by atoms with Gasteiger partial charge in [0, 0.05) is 23.6 Å². The maximum absolute atomic E-state index is 11.4. The number of likely N-dealkylation sites (N-methyl/N-ethyl adjacent to an activating group) is 1. The van der Waals surface area contributed by atoms with Gasteiger partial charge >= 0.3 is 0 Å². The third-order valence-corrected chi connectivity index (χ3v) is 3.33. The second-order valence-electron chi connectivity index (χ2n) is 5.35. The van der Waals surface area contributed by atoms with Crippen molar-refractivity contribution in [3.05, 3.63) is 10.4 Å². The van der Waals surface area contributed by atoms with Crippen molar-refractivity contribution in [2.45, 2.75) is 59.0 Å². The molecule has 0 heterocycles. The Kier molecular flexibility index (Phi) is 25.1. The lowest BCUT2D eigenvalue weighted by Gasteiger charge is -2.13. The summed E-state index contributed by atoms with van der Waals surface area (Å²) in [6, 6.07) is -0.978. The molecule has 0 unspecified atom stereocenters. The van der Waals surface area contributed by atoms with Crippen molar-refractivity contribution < 1.29 is 19.2 Å². The molecule has 0 aromatic rings. The average molecular weight is 419 g/mol. The molecule has 3 N–H and O–H groups in total. The Morgan fingerprint density at radius 3 is 2.29 bits per heavy atom. The van der Waals surface area contributed by atoms with E-state index in [1.165, 1.54) is 0 Å². The number of ketones is 1. The van der Waals surface area contributed by atoms with Crippen molar-refractivity contribution in [2.75, 3.05) is 25.9 Å². The normalized spacial score (nSPS) is 11.1. The van der Waals surface area contributed by atoms with Crippen LogP contribution < -0.4 is 16.0 Å². The minimum atomic E-state index is -0.547. The van der Waals surface area contributed by atoms with Gasteiger partial charge in [-0.3, -0.25) is 9.59 Å². The predicted octanol–water partition coefficient (Wildman–Crippen LogP) is 1.41. The van der Waals surface area contributed by atoms with E-state index in [4.69, 9.17) is 5.53 Å². The number of azide groups is 1. The van der Waals surface area contributed by atoms with Crippen LogP contribution in [-0.4, -0.2) is 61.9 Å². The molecule has 0 aliphatic carbocycles. The number of hydrogen-bond acceptors (Lipinski definition) is 7. The fourth-order valence-corrected chi connectivity index (χ4v) is 1.88. The number of rotatable bonds is 12. The van der Waals surface area contributed by atoms with Gasteiger partial charge in [0.2, 0.25) is 11.8 Å². The van der Waals surface area contributed by atoms with Crippen molar-refractivity contribution in [1.29, 1.82) is 0 Å². The van der Waals surface area contributed by atoms with E-state index in [1.807, 2.05) is 13.8 Å². The minimum absolute atomic E-state index is 0.150. The molecule has 0 radical (unpaired) electrons. The van der Waals surface area contributed by atoms with Gasteiger partial charge in [-0.2, -0.15) is 12.6 Å². The number of aldehydes is 1. The molecule has 2 atom stereocenters. The van der Waals surface area contributed by atoms with Gasteiger partial charge in [-0.05, 0) is 39.3 Å². The summed E-state index contributed by atoms with van der Waals surface area (Å²) < 4.78 is 0. The fraction of sp³-hybridized carbons (Fsp3) is 0.765. The van der Waals surface area contributed by atoms with E-state index < -0.39 is 18.0 Å². The average Bonchev–Trinajstić information content (AvgIpc) is 2.69. The van der Waals surface area contributed by atoms with Crippen LogP contribution in [0.25, 0.3) is 10.4 Å². The SMILES string of the molecule is CC.CC(=O)CCCCN=[N+]=[N-].CN[C@@H](CS)C(=O)NCC(=O)N[C@@H](C)C=O. The summed E-state index contributed by atoms with van der Waals surface area (Å²) in [5.74, 6) is -0.163. The molecular weight excluding hydrogens is 384 g/mol. The molecule has 0 saturated heterocycles. The number of hydrogen-bond donors (Lipinski definition) is 4. The van der Waals surface area contributed by atoms with E-state index in [2.05, 4.69) is 38.6 Å². The van der Waals surface area contributed by atoms with Gasteiger partial charge < -0.3 is 25.5 Å². The first-order chi connectivity index (χ1) is 13.3. The summed E-state index contributed by atoms with van der Waals surface area (Å²) in [6.45, 7) is 7.47. The first-order valence-corrected chi connectivity index (χ1v) is 9.76. The lowest BCUT2D eigenvalue weighted by molar-refractivity contribution is -0.127. The summed E-state index contributed by atoms with van der Waals surface area (Å²) in [5.41, 5.74) is 7.87. The number of unbranched alkanes of at least 4 members (excludes halogenated alkanes) is 1.